The summed E-state index contributed by atoms with van der Waals surface area (Å²) >= 11 is 3.36. The number of carbonyl (C=O) groups is 1. The van der Waals surface area contributed by atoms with Crippen LogP contribution in [-0.4, -0.2) is 13.4 Å². The molecule has 2 nitrogen and oxygen atoms in total. The van der Waals surface area contributed by atoms with Crippen molar-refractivity contribution < 1.29 is 9.53 Å². The molecule has 0 aliphatic carbocycles. The van der Waals surface area contributed by atoms with Crippen molar-refractivity contribution in [2.75, 3.05) is 7.11 Å². The first-order valence-electron chi connectivity index (χ1n) is 3.50. The Morgan fingerprint density at radius 1 is 1.58 bits per heavy atom. The van der Waals surface area contributed by atoms with Gasteiger partial charge in [-0.2, -0.15) is 0 Å². The smallest absolute Gasteiger partial charge is 0.150 e. The molecule has 0 fully saturated rings. The third-order valence-corrected chi connectivity index (χ3v) is 2.28. The van der Waals surface area contributed by atoms with E-state index in [0.29, 0.717) is 12.2 Å². The van der Waals surface area contributed by atoms with E-state index >= 15 is 0 Å². The van der Waals surface area contributed by atoms with Gasteiger partial charge in [-0.1, -0.05) is 22.0 Å². The van der Waals surface area contributed by atoms with E-state index in [0.717, 1.165) is 16.3 Å². The molecule has 0 aromatic heterocycles. The first-order chi connectivity index (χ1) is 5.77. The monoisotopic (exact) mass is 228 g/mol. The molecule has 0 unspecified atom stereocenters. The van der Waals surface area contributed by atoms with Gasteiger partial charge in [0.05, 0.1) is 6.61 Å². The van der Waals surface area contributed by atoms with Crippen LogP contribution in [0.3, 0.4) is 0 Å². The molecule has 0 radical (unpaired) electrons. The third-order valence-electron chi connectivity index (χ3n) is 1.51. The molecule has 3 heteroatoms. The Morgan fingerprint density at radius 3 is 2.92 bits per heavy atom. The van der Waals surface area contributed by atoms with Crippen molar-refractivity contribution in [3.05, 3.63) is 33.8 Å². The summed E-state index contributed by atoms with van der Waals surface area (Å²) in [6, 6.07) is 5.41. The van der Waals surface area contributed by atoms with Gasteiger partial charge in [0.2, 0.25) is 0 Å². The summed E-state index contributed by atoms with van der Waals surface area (Å²) in [6.07, 6.45) is 0.825. The summed E-state index contributed by atoms with van der Waals surface area (Å²) in [5.74, 6) is 0. The molecule has 0 heterocycles. The fourth-order valence-corrected chi connectivity index (χ4v) is 1.30. The van der Waals surface area contributed by atoms with Crippen molar-refractivity contribution in [3.8, 4) is 0 Å². The topological polar surface area (TPSA) is 26.3 Å². The second kappa shape index (κ2) is 4.38. The van der Waals surface area contributed by atoms with Crippen molar-refractivity contribution in [1.82, 2.24) is 0 Å². The SMILES string of the molecule is COCc1cc(C=O)ccc1Br. The van der Waals surface area contributed by atoms with E-state index in [-0.39, 0.29) is 0 Å². The summed E-state index contributed by atoms with van der Waals surface area (Å²) < 4.78 is 5.93. The standard InChI is InChI=1S/C9H9BrO2/c1-12-6-8-4-7(5-11)2-3-9(8)10/h2-5H,6H2,1H3. The quantitative estimate of drug-likeness (QED) is 0.744. The van der Waals surface area contributed by atoms with Crippen LogP contribution in [0, 0.1) is 0 Å². The maximum atomic E-state index is 10.4. The van der Waals surface area contributed by atoms with Crippen molar-refractivity contribution in [2.45, 2.75) is 6.61 Å². The van der Waals surface area contributed by atoms with Gasteiger partial charge in [-0.25, -0.2) is 0 Å². The fraction of sp³-hybridized carbons (Fsp3) is 0.222. The van der Waals surface area contributed by atoms with Gasteiger partial charge >= 0.3 is 0 Å². The molecule has 0 atom stereocenters. The van der Waals surface area contributed by atoms with Crippen LogP contribution in [0.25, 0.3) is 0 Å². The lowest BCUT2D eigenvalue weighted by Gasteiger charge is -2.02. The highest BCUT2D eigenvalue weighted by atomic mass is 79.9. The molecule has 0 aliphatic heterocycles. The van der Waals surface area contributed by atoms with Gasteiger partial charge < -0.3 is 4.74 Å². The molecule has 1 aromatic carbocycles. The average Bonchev–Trinajstić information content (AvgIpc) is 2.09. The normalized spacial score (nSPS) is 9.83. The molecule has 0 saturated carbocycles. The van der Waals surface area contributed by atoms with Gasteiger partial charge in [0.25, 0.3) is 0 Å². The lowest BCUT2D eigenvalue weighted by Crippen LogP contribution is -1.91. The van der Waals surface area contributed by atoms with Crippen LogP contribution in [0.15, 0.2) is 22.7 Å². The van der Waals surface area contributed by atoms with E-state index in [1.165, 1.54) is 0 Å². The van der Waals surface area contributed by atoms with E-state index in [1.54, 1.807) is 19.2 Å². The number of ether oxygens (including phenoxy) is 1. The Hall–Kier alpha value is -0.670. The fourth-order valence-electron chi connectivity index (χ4n) is 0.934. The second-order valence-corrected chi connectivity index (χ2v) is 3.26. The van der Waals surface area contributed by atoms with Crippen molar-refractivity contribution in [2.24, 2.45) is 0 Å². The minimum Gasteiger partial charge on any atom is -0.380 e. The Labute approximate surface area is 79.7 Å². The molecule has 1 aromatic rings. The summed E-state index contributed by atoms with van der Waals surface area (Å²) in [5, 5.41) is 0. The highest BCUT2D eigenvalue weighted by Crippen LogP contribution is 2.18. The molecule has 12 heavy (non-hydrogen) atoms. The number of halogens is 1. The van der Waals surface area contributed by atoms with E-state index in [2.05, 4.69) is 15.9 Å². The van der Waals surface area contributed by atoms with Gasteiger partial charge in [-0.15, -0.1) is 0 Å². The number of rotatable bonds is 3. The molecule has 0 aliphatic rings. The maximum Gasteiger partial charge on any atom is 0.150 e. The zero-order valence-corrected chi connectivity index (χ0v) is 8.30. The highest BCUT2D eigenvalue weighted by Gasteiger charge is 1.99. The van der Waals surface area contributed by atoms with Crippen LogP contribution >= 0.6 is 15.9 Å². The van der Waals surface area contributed by atoms with Gasteiger partial charge in [0.15, 0.2) is 0 Å². The number of aldehydes is 1. The zero-order chi connectivity index (χ0) is 8.97. The number of methoxy groups -OCH3 is 1. The summed E-state index contributed by atoms with van der Waals surface area (Å²) in [7, 11) is 1.63. The minimum absolute atomic E-state index is 0.516. The Bertz CT molecular complexity index is 284. The number of carbonyl (C=O) groups excluding carboxylic acids is 1. The minimum atomic E-state index is 0.516. The second-order valence-electron chi connectivity index (χ2n) is 2.40. The lowest BCUT2D eigenvalue weighted by atomic mass is 10.1. The van der Waals surface area contributed by atoms with E-state index in [9.17, 15) is 4.79 Å². The largest absolute Gasteiger partial charge is 0.380 e. The van der Waals surface area contributed by atoms with Crippen molar-refractivity contribution in [1.29, 1.82) is 0 Å². The van der Waals surface area contributed by atoms with Gasteiger partial charge in [0.1, 0.15) is 6.29 Å². The molecular weight excluding hydrogens is 220 g/mol. The molecule has 1 rings (SSSR count). The molecule has 0 bridgehead atoms. The van der Waals surface area contributed by atoms with E-state index in [1.807, 2.05) is 6.07 Å². The predicted octanol–water partition coefficient (Wildman–Crippen LogP) is 2.41. The zero-order valence-electron chi connectivity index (χ0n) is 6.71. The van der Waals surface area contributed by atoms with Crippen molar-refractivity contribution >= 4 is 22.2 Å². The molecule has 0 saturated heterocycles. The van der Waals surface area contributed by atoms with Crippen LogP contribution in [0.2, 0.25) is 0 Å². The molecule has 0 amide bonds. The summed E-state index contributed by atoms with van der Waals surface area (Å²) in [6.45, 7) is 0.516. The molecular formula is C9H9BrO2. The number of benzene rings is 1. The summed E-state index contributed by atoms with van der Waals surface area (Å²) in [4.78, 5) is 10.4. The van der Waals surface area contributed by atoms with Crippen LogP contribution in [0.4, 0.5) is 0 Å². The number of hydrogen-bond acceptors (Lipinski definition) is 2. The van der Waals surface area contributed by atoms with Crippen LogP contribution in [-0.2, 0) is 11.3 Å². The van der Waals surface area contributed by atoms with Crippen LogP contribution in [0.5, 0.6) is 0 Å². The highest BCUT2D eigenvalue weighted by molar-refractivity contribution is 9.10. The van der Waals surface area contributed by atoms with Crippen molar-refractivity contribution in [3.63, 3.8) is 0 Å². The third kappa shape index (κ3) is 2.16. The molecule has 64 valence electrons. The molecule has 0 N–H and O–H groups in total. The van der Waals surface area contributed by atoms with Gasteiger partial charge in [0, 0.05) is 17.1 Å². The Kier molecular flexibility index (Phi) is 3.44. The van der Waals surface area contributed by atoms with Crippen LogP contribution in [0.1, 0.15) is 15.9 Å². The first kappa shape index (κ1) is 9.42. The van der Waals surface area contributed by atoms with Gasteiger partial charge in [-0.3, -0.25) is 4.79 Å². The summed E-state index contributed by atoms with van der Waals surface area (Å²) in [5.41, 5.74) is 1.66. The predicted molar refractivity (Wildman–Crippen MR) is 50.2 cm³/mol. The van der Waals surface area contributed by atoms with Crippen LogP contribution < -0.4 is 0 Å². The van der Waals surface area contributed by atoms with Gasteiger partial charge in [-0.05, 0) is 17.7 Å². The number of hydrogen-bond donors (Lipinski definition) is 0. The first-order valence-corrected chi connectivity index (χ1v) is 4.29. The Balaban J connectivity index is 2.99. The lowest BCUT2D eigenvalue weighted by molar-refractivity contribution is 0.112. The van der Waals surface area contributed by atoms with E-state index < -0.39 is 0 Å². The van der Waals surface area contributed by atoms with E-state index in [4.69, 9.17) is 4.74 Å². The Morgan fingerprint density at radius 2 is 2.33 bits per heavy atom. The maximum absolute atomic E-state index is 10.4. The average molecular weight is 229 g/mol. The molecule has 0 spiro atoms.